The number of H-pyrrole nitrogens is 1. The molecule has 4 rings (SSSR count). The Bertz CT molecular complexity index is 1160. The summed E-state index contributed by atoms with van der Waals surface area (Å²) in [4.78, 5) is 18.4. The van der Waals surface area contributed by atoms with Gasteiger partial charge in [-0.15, -0.1) is 0 Å². The maximum atomic E-state index is 13.5. The summed E-state index contributed by atoms with van der Waals surface area (Å²) in [5, 5.41) is 15.1. The standard InChI is InChI=1S/C17H13FN4O4/c1-8-12(26-17(24)25-2)6-22-15(8)14(19-7-20-22)13-10-4-3-9(18)5-11(10)21-16(13)23/h3-7,21,23H,1-2H3. The number of aromatic hydroxyl groups is 1. The molecule has 0 radical (unpaired) electrons. The summed E-state index contributed by atoms with van der Waals surface area (Å²) in [7, 11) is 1.21. The number of nitrogens with one attached hydrogen (secondary N) is 1. The van der Waals surface area contributed by atoms with Gasteiger partial charge in [0.25, 0.3) is 0 Å². The van der Waals surface area contributed by atoms with Crippen LogP contribution >= 0.6 is 0 Å². The Morgan fingerprint density at radius 2 is 2.19 bits per heavy atom. The van der Waals surface area contributed by atoms with Crippen LogP contribution in [0.25, 0.3) is 27.7 Å². The molecule has 0 amide bonds. The zero-order valence-corrected chi connectivity index (χ0v) is 13.8. The van der Waals surface area contributed by atoms with Gasteiger partial charge in [-0.2, -0.15) is 5.10 Å². The molecule has 4 aromatic rings. The number of aromatic nitrogens is 4. The number of hydrogen-bond donors (Lipinski definition) is 2. The molecule has 26 heavy (non-hydrogen) atoms. The van der Waals surface area contributed by atoms with E-state index >= 15 is 0 Å². The van der Waals surface area contributed by atoms with Crippen molar-refractivity contribution in [1.29, 1.82) is 0 Å². The number of halogens is 1. The Kier molecular flexibility index (Phi) is 3.50. The fraction of sp³-hybridized carbons (Fsp3) is 0.118. The van der Waals surface area contributed by atoms with Crippen molar-refractivity contribution in [1.82, 2.24) is 19.6 Å². The van der Waals surface area contributed by atoms with Gasteiger partial charge in [-0.1, -0.05) is 0 Å². The second-order valence-corrected chi connectivity index (χ2v) is 5.61. The van der Waals surface area contributed by atoms with Gasteiger partial charge in [-0.05, 0) is 25.1 Å². The third kappa shape index (κ3) is 2.32. The lowest BCUT2D eigenvalue weighted by Gasteiger charge is -2.04. The summed E-state index contributed by atoms with van der Waals surface area (Å²) in [5.41, 5.74) is 2.36. The smallest absolute Gasteiger partial charge is 0.494 e. The van der Waals surface area contributed by atoms with Crippen LogP contribution in [0.5, 0.6) is 11.6 Å². The lowest BCUT2D eigenvalue weighted by Crippen LogP contribution is -2.07. The highest BCUT2D eigenvalue weighted by molar-refractivity contribution is 6.02. The fourth-order valence-electron chi connectivity index (χ4n) is 2.95. The summed E-state index contributed by atoms with van der Waals surface area (Å²) < 4.78 is 24.6. The highest BCUT2D eigenvalue weighted by Gasteiger charge is 2.22. The summed E-state index contributed by atoms with van der Waals surface area (Å²) in [6.45, 7) is 1.73. The van der Waals surface area contributed by atoms with E-state index in [-0.39, 0.29) is 11.6 Å². The molecule has 0 saturated heterocycles. The Balaban J connectivity index is 1.98. The first-order valence-corrected chi connectivity index (χ1v) is 7.59. The van der Waals surface area contributed by atoms with Crippen molar-refractivity contribution in [2.45, 2.75) is 6.92 Å². The number of carbonyl (C=O) groups excluding carboxylic acids is 1. The minimum absolute atomic E-state index is 0.151. The lowest BCUT2D eigenvalue weighted by atomic mass is 10.1. The SMILES string of the molecule is COC(=O)Oc1cn2ncnc(-c3c(O)[nH]c4cc(F)ccc34)c2c1C. The van der Waals surface area contributed by atoms with Gasteiger partial charge in [-0.3, -0.25) is 0 Å². The van der Waals surface area contributed by atoms with Crippen molar-refractivity contribution in [2.24, 2.45) is 0 Å². The van der Waals surface area contributed by atoms with Crippen molar-refractivity contribution in [3.8, 4) is 22.9 Å². The molecule has 9 heteroatoms. The zero-order valence-electron chi connectivity index (χ0n) is 13.8. The fourth-order valence-corrected chi connectivity index (χ4v) is 2.95. The van der Waals surface area contributed by atoms with Crippen LogP contribution in [0.1, 0.15) is 5.56 Å². The highest BCUT2D eigenvalue weighted by atomic mass is 19.1. The van der Waals surface area contributed by atoms with Crippen molar-refractivity contribution >= 4 is 22.6 Å². The van der Waals surface area contributed by atoms with E-state index in [4.69, 9.17) is 4.74 Å². The quantitative estimate of drug-likeness (QED) is 0.535. The van der Waals surface area contributed by atoms with Crippen LogP contribution in [-0.2, 0) is 4.74 Å². The number of methoxy groups -OCH3 is 1. The molecular weight excluding hydrogens is 343 g/mol. The summed E-state index contributed by atoms with van der Waals surface area (Å²) in [5.74, 6) is -0.322. The molecule has 0 aliphatic heterocycles. The minimum atomic E-state index is -0.857. The van der Waals surface area contributed by atoms with Gasteiger partial charge >= 0.3 is 6.16 Å². The van der Waals surface area contributed by atoms with Crippen LogP contribution in [0.4, 0.5) is 9.18 Å². The van der Waals surface area contributed by atoms with Crippen molar-refractivity contribution in [2.75, 3.05) is 7.11 Å². The maximum absolute atomic E-state index is 13.5. The number of ether oxygens (including phenoxy) is 2. The molecule has 0 spiro atoms. The van der Waals surface area contributed by atoms with Gasteiger partial charge in [-0.25, -0.2) is 18.7 Å². The van der Waals surface area contributed by atoms with E-state index in [1.165, 1.54) is 36.3 Å². The van der Waals surface area contributed by atoms with Gasteiger partial charge in [0, 0.05) is 10.9 Å². The second-order valence-electron chi connectivity index (χ2n) is 5.61. The molecule has 2 N–H and O–H groups in total. The van der Waals surface area contributed by atoms with Crippen LogP contribution in [0.2, 0.25) is 0 Å². The third-order valence-corrected chi connectivity index (χ3v) is 4.12. The van der Waals surface area contributed by atoms with Gasteiger partial charge in [0.05, 0.1) is 29.9 Å². The number of rotatable bonds is 2. The van der Waals surface area contributed by atoms with E-state index in [0.29, 0.717) is 33.2 Å². The van der Waals surface area contributed by atoms with Crippen LogP contribution < -0.4 is 4.74 Å². The molecule has 0 atom stereocenters. The number of carbonyl (C=O) groups is 1. The minimum Gasteiger partial charge on any atom is -0.494 e. The molecule has 1 aromatic carbocycles. The number of nitrogens with zero attached hydrogens (tertiary/aromatic N) is 3. The van der Waals surface area contributed by atoms with Crippen LogP contribution in [0.15, 0.2) is 30.7 Å². The monoisotopic (exact) mass is 356 g/mol. The zero-order chi connectivity index (χ0) is 18.4. The van der Waals surface area contributed by atoms with E-state index in [1.807, 2.05) is 0 Å². The normalized spacial score (nSPS) is 11.2. The van der Waals surface area contributed by atoms with Crippen molar-refractivity contribution < 1.29 is 23.8 Å². The third-order valence-electron chi connectivity index (χ3n) is 4.12. The lowest BCUT2D eigenvalue weighted by molar-refractivity contribution is 0.121. The predicted molar refractivity (Wildman–Crippen MR) is 89.7 cm³/mol. The van der Waals surface area contributed by atoms with Gasteiger partial charge in [0.15, 0.2) is 11.6 Å². The van der Waals surface area contributed by atoms with Gasteiger partial charge < -0.3 is 19.6 Å². The van der Waals surface area contributed by atoms with E-state index < -0.39 is 12.0 Å². The van der Waals surface area contributed by atoms with E-state index in [1.54, 1.807) is 13.0 Å². The topological polar surface area (TPSA) is 102 Å². The summed E-state index contributed by atoms with van der Waals surface area (Å²) in [6, 6.07) is 4.14. The number of hydrogen-bond acceptors (Lipinski definition) is 6. The molecule has 132 valence electrons. The van der Waals surface area contributed by atoms with E-state index in [2.05, 4.69) is 19.8 Å². The molecule has 0 fully saturated rings. The first-order valence-electron chi connectivity index (χ1n) is 7.59. The first kappa shape index (κ1) is 15.9. The summed E-state index contributed by atoms with van der Waals surface area (Å²) in [6.07, 6.45) is 1.97. The Labute approximate surface area is 145 Å². The van der Waals surface area contributed by atoms with E-state index in [0.717, 1.165) is 0 Å². The molecule has 0 aliphatic carbocycles. The van der Waals surface area contributed by atoms with Crippen molar-refractivity contribution in [3.05, 3.63) is 42.1 Å². The predicted octanol–water partition coefficient (Wildman–Crippen LogP) is 3.18. The Hall–Kier alpha value is -3.62. The van der Waals surface area contributed by atoms with Crippen molar-refractivity contribution in [3.63, 3.8) is 0 Å². The number of benzene rings is 1. The Morgan fingerprint density at radius 1 is 1.38 bits per heavy atom. The Morgan fingerprint density at radius 3 is 2.96 bits per heavy atom. The largest absolute Gasteiger partial charge is 0.513 e. The molecule has 3 aromatic heterocycles. The average Bonchev–Trinajstić information content (AvgIpc) is 3.10. The van der Waals surface area contributed by atoms with Gasteiger partial charge in [0.2, 0.25) is 0 Å². The second kappa shape index (κ2) is 5.73. The summed E-state index contributed by atoms with van der Waals surface area (Å²) >= 11 is 0. The molecule has 0 bridgehead atoms. The van der Waals surface area contributed by atoms with Crippen LogP contribution in [-0.4, -0.2) is 38.0 Å². The maximum Gasteiger partial charge on any atom is 0.513 e. The molecule has 3 heterocycles. The molecular formula is C17H13FN4O4. The van der Waals surface area contributed by atoms with Gasteiger partial charge in [0.1, 0.15) is 17.8 Å². The average molecular weight is 356 g/mol. The molecule has 0 unspecified atom stereocenters. The first-order chi connectivity index (χ1) is 12.5. The molecule has 8 nitrogen and oxygen atoms in total. The van der Waals surface area contributed by atoms with Crippen LogP contribution in [0.3, 0.4) is 0 Å². The number of fused-ring (bicyclic) bond motifs is 2. The number of aryl methyl sites for hydroxylation is 1. The van der Waals surface area contributed by atoms with Crippen LogP contribution in [0, 0.1) is 12.7 Å². The highest BCUT2D eigenvalue weighted by Crippen LogP contribution is 2.39. The van der Waals surface area contributed by atoms with E-state index in [9.17, 15) is 14.3 Å². The molecule has 0 saturated carbocycles. The molecule has 0 aliphatic rings. The number of aromatic amines is 1.